The van der Waals surface area contributed by atoms with Crippen LogP contribution in [0.1, 0.15) is 51.2 Å². The second-order valence-electron chi connectivity index (χ2n) is 4.68. The third-order valence-corrected chi connectivity index (χ3v) is 3.78. The molecule has 0 spiro atoms. The van der Waals surface area contributed by atoms with Crippen LogP contribution in [0.15, 0.2) is 24.3 Å². The van der Waals surface area contributed by atoms with Crippen LogP contribution in [0.2, 0.25) is 0 Å². The van der Waals surface area contributed by atoms with Crippen molar-refractivity contribution in [2.75, 3.05) is 0 Å². The minimum Gasteiger partial charge on any atom is -0.307 e. The van der Waals surface area contributed by atoms with E-state index in [1.54, 1.807) is 0 Å². The number of benzene rings is 1. The van der Waals surface area contributed by atoms with Gasteiger partial charge in [0.05, 0.1) is 0 Å². The van der Waals surface area contributed by atoms with E-state index in [4.69, 9.17) is 0 Å². The summed E-state index contributed by atoms with van der Waals surface area (Å²) in [7, 11) is 0. The Hall–Kier alpha value is -0.820. The molecule has 1 aromatic carbocycles. The van der Waals surface area contributed by atoms with Crippen LogP contribution in [0.25, 0.3) is 0 Å². The van der Waals surface area contributed by atoms with Crippen LogP contribution in [0.3, 0.4) is 0 Å². The van der Waals surface area contributed by atoms with Crippen LogP contribution in [-0.2, 0) is 6.54 Å². The molecule has 0 aliphatic heterocycles. The van der Waals surface area contributed by atoms with Gasteiger partial charge in [0, 0.05) is 12.1 Å². The van der Waals surface area contributed by atoms with E-state index in [0.717, 1.165) is 6.54 Å². The maximum Gasteiger partial charge on any atom is 0.0210 e. The molecule has 0 saturated heterocycles. The Balaban J connectivity index is 2.62. The first-order valence-corrected chi connectivity index (χ1v) is 6.46. The number of rotatable bonds is 6. The lowest BCUT2D eigenvalue weighted by molar-refractivity contribution is 0.288. The highest BCUT2D eigenvalue weighted by atomic mass is 15.0. The van der Waals surface area contributed by atoms with Crippen LogP contribution < -0.4 is 5.32 Å². The van der Waals surface area contributed by atoms with Gasteiger partial charge in [0.1, 0.15) is 0 Å². The first-order valence-electron chi connectivity index (χ1n) is 6.46. The molecule has 1 heteroatoms. The van der Waals surface area contributed by atoms with E-state index < -0.39 is 0 Å². The zero-order chi connectivity index (χ0) is 12.0. The third kappa shape index (κ3) is 3.34. The van der Waals surface area contributed by atoms with Crippen molar-refractivity contribution < 1.29 is 0 Å². The molecule has 0 fully saturated rings. The lowest BCUT2D eigenvalue weighted by Crippen LogP contribution is -2.43. The second-order valence-corrected chi connectivity index (χ2v) is 4.68. The molecule has 16 heavy (non-hydrogen) atoms. The average Bonchev–Trinajstić information content (AvgIpc) is 2.32. The summed E-state index contributed by atoms with van der Waals surface area (Å²) in [6.07, 6.45) is 3.60. The van der Waals surface area contributed by atoms with Gasteiger partial charge in [-0.15, -0.1) is 0 Å². The predicted octanol–water partition coefficient (Wildman–Crippen LogP) is 4.05. The SMILES string of the molecule is CCC(CC)(CC)NCc1cccc(C)c1. The van der Waals surface area contributed by atoms with Crippen LogP contribution in [0, 0.1) is 6.92 Å². The normalized spacial score (nSPS) is 11.8. The minimum atomic E-state index is 0.323. The Morgan fingerprint density at radius 1 is 1.06 bits per heavy atom. The molecule has 1 aromatic rings. The molecule has 1 rings (SSSR count). The summed E-state index contributed by atoms with van der Waals surface area (Å²) in [4.78, 5) is 0. The number of hydrogen-bond donors (Lipinski definition) is 1. The van der Waals surface area contributed by atoms with Crippen molar-refractivity contribution >= 4 is 0 Å². The van der Waals surface area contributed by atoms with Gasteiger partial charge >= 0.3 is 0 Å². The Labute approximate surface area is 100 Å². The van der Waals surface area contributed by atoms with E-state index in [9.17, 15) is 0 Å². The fourth-order valence-electron chi connectivity index (χ4n) is 2.24. The maximum absolute atomic E-state index is 3.73. The summed E-state index contributed by atoms with van der Waals surface area (Å²) in [6.45, 7) is 9.95. The molecule has 0 atom stereocenters. The molecular weight excluding hydrogens is 194 g/mol. The van der Waals surface area contributed by atoms with Gasteiger partial charge in [-0.05, 0) is 31.7 Å². The number of aryl methyl sites for hydroxylation is 1. The smallest absolute Gasteiger partial charge is 0.0210 e. The average molecular weight is 219 g/mol. The van der Waals surface area contributed by atoms with Gasteiger partial charge in [-0.3, -0.25) is 0 Å². The van der Waals surface area contributed by atoms with Crippen molar-refractivity contribution in [3.8, 4) is 0 Å². The van der Waals surface area contributed by atoms with E-state index in [0.29, 0.717) is 5.54 Å². The van der Waals surface area contributed by atoms with Crippen molar-refractivity contribution in [2.24, 2.45) is 0 Å². The standard InChI is InChI=1S/C15H25N/c1-5-15(6-2,7-3)16-12-14-10-8-9-13(4)11-14/h8-11,16H,5-7,12H2,1-4H3. The van der Waals surface area contributed by atoms with Gasteiger partial charge in [0.25, 0.3) is 0 Å². The minimum absolute atomic E-state index is 0.323. The van der Waals surface area contributed by atoms with Gasteiger partial charge in [0.15, 0.2) is 0 Å². The fraction of sp³-hybridized carbons (Fsp3) is 0.600. The Morgan fingerprint density at radius 3 is 2.19 bits per heavy atom. The first kappa shape index (κ1) is 13.2. The number of hydrogen-bond acceptors (Lipinski definition) is 1. The molecule has 0 aliphatic rings. The molecule has 0 aliphatic carbocycles. The zero-order valence-electron chi connectivity index (χ0n) is 11.1. The Bertz CT molecular complexity index is 305. The number of nitrogens with one attached hydrogen (secondary N) is 1. The molecular formula is C15H25N. The van der Waals surface area contributed by atoms with E-state index >= 15 is 0 Å². The van der Waals surface area contributed by atoms with Gasteiger partial charge in [-0.25, -0.2) is 0 Å². The van der Waals surface area contributed by atoms with Crippen molar-refractivity contribution in [3.63, 3.8) is 0 Å². The van der Waals surface area contributed by atoms with E-state index in [2.05, 4.69) is 57.3 Å². The molecule has 0 bridgehead atoms. The molecule has 0 amide bonds. The molecule has 0 aromatic heterocycles. The highest BCUT2D eigenvalue weighted by Gasteiger charge is 2.22. The molecule has 0 saturated carbocycles. The highest BCUT2D eigenvalue weighted by Crippen LogP contribution is 2.20. The van der Waals surface area contributed by atoms with Crippen LogP contribution in [0.5, 0.6) is 0 Å². The third-order valence-electron chi connectivity index (χ3n) is 3.78. The zero-order valence-corrected chi connectivity index (χ0v) is 11.1. The summed E-state index contributed by atoms with van der Waals surface area (Å²) >= 11 is 0. The van der Waals surface area contributed by atoms with E-state index in [1.807, 2.05) is 0 Å². The maximum atomic E-state index is 3.73. The van der Waals surface area contributed by atoms with Crippen LogP contribution >= 0.6 is 0 Å². The molecule has 90 valence electrons. The van der Waals surface area contributed by atoms with Crippen molar-refractivity contribution in [2.45, 2.75) is 59.0 Å². The summed E-state index contributed by atoms with van der Waals surface area (Å²) < 4.78 is 0. The van der Waals surface area contributed by atoms with Crippen molar-refractivity contribution in [1.29, 1.82) is 0 Å². The summed E-state index contributed by atoms with van der Waals surface area (Å²) in [5, 5.41) is 3.73. The van der Waals surface area contributed by atoms with Gasteiger partial charge in [-0.2, -0.15) is 0 Å². The molecule has 0 unspecified atom stereocenters. The predicted molar refractivity (Wildman–Crippen MR) is 71.6 cm³/mol. The van der Waals surface area contributed by atoms with Gasteiger partial charge < -0.3 is 5.32 Å². The Kier molecular flexibility index (Phi) is 5.01. The van der Waals surface area contributed by atoms with Gasteiger partial charge in [-0.1, -0.05) is 50.6 Å². The molecule has 1 N–H and O–H groups in total. The fourth-order valence-corrected chi connectivity index (χ4v) is 2.24. The van der Waals surface area contributed by atoms with Gasteiger partial charge in [0.2, 0.25) is 0 Å². The van der Waals surface area contributed by atoms with E-state index in [-0.39, 0.29) is 0 Å². The monoisotopic (exact) mass is 219 g/mol. The lowest BCUT2D eigenvalue weighted by atomic mass is 9.89. The van der Waals surface area contributed by atoms with E-state index in [1.165, 1.54) is 30.4 Å². The molecule has 0 radical (unpaired) electrons. The summed E-state index contributed by atoms with van der Waals surface area (Å²) in [5.41, 5.74) is 3.05. The summed E-state index contributed by atoms with van der Waals surface area (Å²) in [6, 6.07) is 8.75. The van der Waals surface area contributed by atoms with Crippen molar-refractivity contribution in [3.05, 3.63) is 35.4 Å². The van der Waals surface area contributed by atoms with Crippen LogP contribution in [-0.4, -0.2) is 5.54 Å². The second kappa shape index (κ2) is 6.05. The topological polar surface area (TPSA) is 12.0 Å². The summed E-state index contributed by atoms with van der Waals surface area (Å²) in [5.74, 6) is 0. The molecule has 1 nitrogen and oxygen atoms in total. The largest absolute Gasteiger partial charge is 0.307 e. The van der Waals surface area contributed by atoms with Crippen LogP contribution in [0.4, 0.5) is 0 Å². The Morgan fingerprint density at radius 2 is 1.69 bits per heavy atom. The van der Waals surface area contributed by atoms with Crippen molar-refractivity contribution in [1.82, 2.24) is 5.32 Å². The highest BCUT2D eigenvalue weighted by molar-refractivity contribution is 5.22. The lowest BCUT2D eigenvalue weighted by Gasteiger charge is -2.32. The molecule has 0 heterocycles. The first-order chi connectivity index (χ1) is 7.65. The quantitative estimate of drug-likeness (QED) is 0.761.